The first-order valence-corrected chi connectivity index (χ1v) is 6.53. The summed E-state index contributed by atoms with van der Waals surface area (Å²) in [6, 6.07) is 7.51. The third kappa shape index (κ3) is 5.04. The van der Waals surface area contributed by atoms with Gasteiger partial charge in [-0.05, 0) is 6.92 Å². The van der Waals surface area contributed by atoms with Gasteiger partial charge in [0.1, 0.15) is 0 Å². The van der Waals surface area contributed by atoms with Crippen LogP contribution in [0.5, 0.6) is 0 Å². The average molecular weight is 252 g/mol. The summed E-state index contributed by atoms with van der Waals surface area (Å²) in [5.74, 6) is 0.879. The van der Waals surface area contributed by atoms with E-state index in [0.29, 0.717) is 17.9 Å². The van der Waals surface area contributed by atoms with Crippen LogP contribution in [0, 0.1) is 6.92 Å². The lowest BCUT2D eigenvalue weighted by atomic mass is 10.1. The number of thioether (sulfide) groups is 1. The normalized spacial score (nSPS) is 10.0. The summed E-state index contributed by atoms with van der Waals surface area (Å²) in [7, 11) is 1.37. The molecule has 0 atom stereocenters. The zero-order valence-electron chi connectivity index (χ0n) is 10.1. The monoisotopic (exact) mass is 252 g/mol. The van der Waals surface area contributed by atoms with Crippen LogP contribution in [0.25, 0.3) is 0 Å². The Morgan fingerprint density at radius 2 is 1.88 bits per heavy atom. The molecule has 0 saturated carbocycles. The summed E-state index contributed by atoms with van der Waals surface area (Å²) in [5.41, 5.74) is 1.86. The van der Waals surface area contributed by atoms with Crippen molar-refractivity contribution in [1.82, 2.24) is 0 Å². The van der Waals surface area contributed by atoms with Crippen LogP contribution in [0.1, 0.15) is 22.3 Å². The molecule has 3 nitrogen and oxygen atoms in total. The van der Waals surface area contributed by atoms with E-state index in [1.165, 1.54) is 18.9 Å². The van der Waals surface area contributed by atoms with Gasteiger partial charge in [-0.25, -0.2) is 0 Å². The molecular weight excluding hydrogens is 236 g/mol. The zero-order chi connectivity index (χ0) is 12.7. The van der Waals surface area contributed by atoms with Crippen molar-refractivity contribution in [3.8, 4) is 0 Å². The molecule has 0 aliphatic carbocycles. The Hall–Kier alpha value is -1.29. The standard InChI is InChI=1S/C13H16O3S/c1-10-3-5-11(6-4-10)12(14)9-17-8-7-13(15)16-2/h3-6H,7-9H2,1-2H3. The fraction of sp³-hybridized carbons (Fsp3) is 0.385. The number of hydrogen-bond acceptors (Lipinski definition) is 4. The molecule has 4 heteroatoms. The molecule has 0 aliphatic heterocycles. The maximum absolute atomic E-state index is 11.7. The molecule has 0 radical (unpaired) electrons. The fourth-order valence-corrected chi connectivity index (χ4v) is 2.05. The molecule has 0 bridgehead atoms. The van der Waals surface area contributed by atoms with Gasteiger partial charge in [0, 0.05) is 11.3 Å². The van der Waals surface area contributed by atoms with Crippen LogP contribution in [0.2, 0.25) is 0 Å². The predicted octanol–water partition coefficient (Wildman–Crippen LogP) is 2.47. The number of esters is 1. The Kier molecular flexibility index (Phi) is 5.77. The van der Waals surface area contributed by atoms with E-state index >= 15 is 0 Å². The maximum Gasteiger partial charge on any atom is 0.306 e. The summed E-state index contributed by atoms with van der Waals surface area (Å²) in [6.07, 6.45) is 0.350. The Bertz CT molecular complexity index is 384. The average Bonchev–Trinajstić information content (AvgIpc) is 2.34. The summed E-state index contributed by atoms with van der Waals surface area (Å²) in [4.78, 5) is 22.6. The lowest BCUT2D eigenvalue weighted by molar-refractivity contribution is -0.140. The van der Waals surface area contributed by atoms with Crippen LogP contribution in [-0.2, 0) is 9.53 Å². The minimum absolute atomic E-state index is 0.0971. The van der Waals surface area contributed by atoms with Gasteiger partial charge in [-0.1, -0.05) is 29.8 Å². The Balaban J connectivity index is 2.30. The second kappa shape index (κ2) is 7.12. The smallest absolute Gasteiger partial charge is 0.306 e. The molecule has 1 aromatic carbocycles. The lowest BCUT2D eigenvalue weighted by Crippen LogP contribution is -2.05. The molecule has 0 aliphatic rings. The molecule has 0 saturated heterocycles. The quantitative estimate of drug-likeness (QED) is 0.443. The van der Waals surface area contributed by atoms with Gasteiger partial charge < -0.3 is 4.74 Å². The van der Waals surface area contributed by atoms with Gasteiger partial charge in [0.25, 0.3) is 0 Å². The minimum Gasteiger partial charge on any atom is -0.469 e. The van der Waals surface area contributed by atoms with E-state index in [0.717, 1.165) is 11.1 Å². The number of methoxy groups -OCH3 is 1. The van der Waals surface area contributed by atoms with Gasteiger partial charge in [0.15, 0.2) is 5.78 Å². The van der Waals surface area contributed by atoms with Crippen LogP contribution in [-0.4, -0.2) is 30.4 Å². The van der Waals surface area contributed by atoms with Crippen LogP contribution >= 0.6 is 11.8 Å². The van der Waals surface area contributed by atoms with Crippen LogP contribution in [0.15, 0.2) is 24.3 Å². The molecule has 0 fully saturated rings. The third-order valence-electron chi connectivity index (χ3n) is 2.28. The second-order valence-electron chi connectivity index (χ2n) is 3.67. The number of carbonyl (C=O) groups excluding carboxylic acids is 2. The van der Waals surface area contributed by atoms with Crippen molar-refractivity contribution < 1.29 is 14.3 Å². The lowest BCUT2D eigenvalue weighted by Gasteiger charge is -2.02. The summed E-state index contributed by atoms with van der Waals surface area (Å²) in [6.45, 7) is 1.99. The molecule has 17 heavy (non-hydrogen) atoms. The van der Waals surface area contributed by atoms with E-state index in [1.807, 2.05) is 31.2 Å². The van der Waals surface area contributed by atoms with Crippen LogP contribution in [0.4, 0.5) is 0 Å². The van der Waals surface area contributed by atoms with E-state index in [1.54, 1.807) is 0 Å². The highest BCUT2D eigenvalue weighted by atomic mass is 32.2. The number of Topliss-reactive ketones (excluding diaryl/α,β-unsaturated/α-hetero) is 1. The number of rotatable bonds is 6. The first-order chi connectivity index (χ1) is 8.13. The van der Waals surface area contributed by atoms with E-state index in [4.69, 9.17) is 0 Å². The highest BCUT2D eigenvalue weighted by Gasteiger charge is 2.06. The molecule has 1 rings (SSSR count). The predicted molar refractivity (Wildman–Crippen MR) is 69.5 cm³/mol. The van der Waals surface area contributed by atoms with Crippen molar-refractivity contribution in [1.29, 1.82) is 0 Å². The van der Waals surface area contributed by atoms with Gasteiger partial charge in [0.05, 0.1) is 19.3 Å². The van der Waals surface area contributed by atoms with E-state index < -0.39 is 0 Å². The molecule has 92 valence electrons. The maximum atomic E-state index is 11.7. The first-order valence-electron chi connectivity index (χ1n) is 5.38. The van der Waals surface area contributed by atoms with Crippen molar-refractivity contribution in [2.45, 2.75) is 13.3 Å². The summed E-state index contributed by atoms with van der Waals surface area (Å²) < 4.78 is 4.52. The Morgan fingerprint density at radius 1 is 1.24 bits per heavy atom. The molecule has 0 aromatic heterocycles. The summed E-state index contributed by atoms with van der Waals surface area (Å²) >= 11 is 1.45. The van der Waals surface area contributed by atoms with Crippen LogP contribution in [0.3, 0.4) is 0 Å². The number of ether oxygens (including phenoxy) is 1. The Morgan fingerprint density at radius 3 is 2.47 bits per heavy atom. The van der Waals surface area contributed by atoms with Crippen molar-refractivity contribution in [2.24, 2.45) is 0 Å². The molecule has 1 aromatic rings. The summed E-state index contributed by atoms with van der Waals surface area (Å²) in [5, 5.41) is 0. The molecule has 0 N–H and O–H groups in total. The van der Waals surface area contributed by atoms with E-state index in [2.05, 4.69) is 4.74 Å². The third-order valence-corrected chi connectivity index (χ3v) is 3.24. The molecular formula is C13H16O3S. The van der Waals surface area contributed by atoms with E-state index in [-0.39, 0.29) is 11.8 Å². The van der Waals surface area contributed by atoms with Crippen molar-refractivity contribution >= 4 is 23.5 Å². The van der Waals surface area contributed by atoms with Crippen molar-refractivity contribution in [3.05, 3.63) is 35.4 Å². The number of hydrogen-bond donors (Lipinski definition) is 0. The first kappa shape index (κ1) is 13.8. The van der Waals surface area contributed by atoms with E-state index in [9.17, 15) is 9.59 Å². The number of benzene rings is 1. The van der Waals surface area contributed by atoms with Gasteiger partial charge >= 0.3 is 5.97 Å². The number of ketones is 1. The topological polar surface area (TPSA) is 43.4 Å². The zero-order valence-corrected chi connectivity index (χ0v) is 10.9. The SMILES string of the molecule is COC(=O)CCSCC(=O)c1ccc(C)cc1. The number of carbonyl (C=O) groups is 2. The molecule has 0 amide bonds. The molecule has 0 heterocycles. The van der Waals surface area contributed by atoms with Gasteiger partial charge in [-0.15, -0.1) is 0 Å². The van der Waals surface area contributed by atoms with Gasteiger partial charge in [-0.3, -0.25) is 9.59 Å². The Labute approximate surface area is 106 Å². The molecule has 0 unspecified atom stereocenters. The minimum atomic E-state index is -0.236. The highest BCUT2D eigenvalue weighted by molar-refractivity contribution is 8.00. The fourth-order valence-electron chi connectivity index (χ4n) is 1.25. The highest BCUT2D eigenvalue weighted by Crippen LogP contribution is 2.10. The van der Waals surface area contributed by atoms with Crippen molar-refractivity contribution in [2.75, 3.05) is 18.6 Å². The second-order valence-corrected chi connectivity index (χ2v) is 4.77. The molecule has 0 spiro atoms. The van der Waals surface area contributed by atoms with Gasteiger partial charge in [-0.2, -0.15) is 11.8 Å². The largest absolute Gasteiger partial charge is 0.469 e. The van der Waals surface area contributed by atoms with Crippen molar-refractivity contribution in [3.63, 3.8) is 0 Å². The van der Waals surface area contributed by atoms with Crippen LogP contribution < -0.4 is 0 Å². The van der Waals surface area contributed by atoms with Gasteiger partial charge in [0.2, 0.25) is 0 Å². The number of aryl methyl sites for hydroxylation is 1.